The molecule has 9 nitrogen and oxygen atoms in total. The number of hydrogen-bond donors (Lipinski definition) is 5. The van der Waals surface area contributed by atoms with Gasteiger partial charge >= 0.3 is 0 Å². The van der Waals surface area contributed by atoms with Gasteiger partial charge in [-0.15, -0.1) is 0 Å². The van der Waals surface area contributed by atoms with E-state index in [1.807, 2.05) is 74.5 Å². The van der Waals surface area contributed by atoms with Crippen LogP contribution in [-0.2, 0) is 25.6 Å². The Kier molecular flexibility index (Phi) is 13.2. The van der Waals surface area contributed by atoms with Crippen molar-refractivity contribution >= 4 is 40.1 Å². The van der Waals surface area contributed by atoms with E-state index in [0.29, 0.717) is 37.9 Å². The van der Waals surface area contributed by atoms with Gasteiger partial charge in [0.15, 0.2) is 0 Å². The summed E-state index contributed by atoms with van der Waals surface area (Å²) in [4.78, 5) is 52.9. The molecule has 3 rings (SSSR count). The van der Waals surface area contributed by atoms with Crippen LogP contribution in [0, 0.1) is 5.92 Å². The van der Waals surface area contributed by atoms with Gasteiger partial charge in [0.2, 0.25) is 23.6 Å². The number of fused-ring (bicyclic) bond motifs is 1. The number of para-hydroxylation sites is 1. The van der Waals surface area contributed by atoms with Gasteiger partial charge < -0.3 is 27.0 Å². The molecule has 0 spiro atoms. The summed E-state index contributed by atoms with van der Waals surface area (Å²) in [7, 11) is 0. The first kappa shape index (κ1) is 33.3. The first-order valence-electron chi connectivity index (χ1n) is 15.2. The Morgan fingerprint density at radius 2 is 1.44 bits per heavy atom. The van der Waals surface area contributed by atoms with Crippen LogP contribution in [0.15, 0.2) is 72.8 Å². The van der Waals surface area contributed by atoms with Crippen molar-refractivity contribution in [2.24, 2.45) is 11.7 Å². The molecule has 0 bridgehead atoms. The number of carbonyl (C=O) groups is 4. The average molecular weight is 588 g/mol. The molecule has 0 unspecified atom stereocenters. The molecule has 43 heavy (non-hydrogen) atoms. The van der Waals surface area contributed by atoms with Crippen molar-refractivity contribution in [3.8, 4) is 0 Å². The molecule has 0 saturated carbocycles. The van der Waals surface area contributed by atoms with E-state index in [0.717, 1.165) is 16.3 Å². The summed E-state index contributed by atoms with van der Waals surface area (Å²) >= 11 is 0. The molecule has 6 N–H and O–H groups in total. The molecule has 3 aromatic rings. The van der Waals surface area contributed by atoms with Crippen molar-refractivity contribution in [1.82, 2.24) is 16.0 Å². The van der Waals surface area contributed by atoms with E-state index in [-0.39, 0.29) is 30.6 Å². The highest BCUT2D eigenvalue weighted by molar-refractivity contribution is 5.99. The number of hydrogen-bond acceptors (Lipinski definition) is 5. The van der Waals surface area contributed by atoms with E-state index in [1.165, 1.54) is 0 Å². The Morgan fingerprint density at radius 1 is 0.744 bits per heavy atom. The molecule has 0 radical (unpaired) electrons. The molecule has 0 aliphatic rings. The minimum Gasteiger partial charge on any atom is -0.344 e. The topological polar surface area (TPSA) is 142 Å². The van der Waals surface area contributed by atoms with Crippen LogP contribution in [0.3, 0.4) is 0 Å². The lowest BCUT2D eigenvalue weighted by Crippen LogP contribution is -2.58. The maximum atomic E-state index is 13.7. The smallest absolute Gasteiger partial charge is 0.246 e. The highest BCUT2D eigenvalue weighted by atomic mass is 16.2. The quantitative estimate of drug-likeness (QED) is 0.161. The van der Waals surface area contributed by atoms with Crippen molar-refractivity contribution in [2.45, 2.75) is 77.4 Å². The molecule has 9 heteroatoms. The summed E-state index contributed by atoms with van der Waals surface area (Å²) < 4.78 is 0. The predicted octanol–water partition coefficient (Wildman–Crippen LogP) is 4.06. The highest BCUT2D eigenvalue weighted by Crippen LogP contribution is 2.18. The minimum atomic E-state index is -0.906. The maximum absolute atomic E-state index is 13.7. The molecule has 4 atom stereocenters. The molecule has 3 aromatic carbocycles. The Balaban J connectivity index is 1.78. The van der Waals surface area contributed by atoms with Gasteiger partial charge in [-0.05, 0) is 60.2 Å². The fourth-order valence-electron chi connectivity index (χ4n) is 4.84. The third-order valence-electron chi connectivity index (χ3n) is 7.64. The third-order valence-corrected chi connectivity index (χ3v) is 7.64. The summed E-state index contributed by atoms with van der Waals surface area (Å²) in [6.45, 7) is 6.01. The van der Waals surface area contributed by atoms with Crippen molar-refractivity contribution in [1.29, 1.82) is 0 Å². The highest BCUT2D eigenvalue weighted by Gasteiger charge is 2.32. The normalized spacial score (nSPS) is 13.8. The van der Waals surface area contributed by atoms with Gasteiger partial charge in [-0.25, -0.2) is 0 Å². The van der Waals surface area contributed by atoms with Crippen LogP contribution in [0.4, 0.5) is 5.69 Å². The lowest BCUT2D eigenvalue weighted by Gasteiger charge is -2.28. The van der Waals surface area contributed by atoms with E-state index >= 15 is 0 Å². The Morgan fingerprint density at radius 3 is 2.12 bits per heavy atom. The van der Waals surface area contributed by atoms with Crippen LogP contribution in [0.25, 0.3) is 10.8 Å². The molecular formula is C34H45N5O4. The maximum Gasteiger partial charge on any atom is 0.246 e. The number of rotatable bonds is 16. The van der Waals surface area contributed by atoms with Crippen LogP contribution in [0.5, 0.6) is 0 Å². The Labute approximate surface area is 254 Å². The fourth-order valence-corrected chi connectivity index (χ4v) is 4.84. The first-order chi connectivity index (χ1) is 20.7. The van der Waals surface area contributed by atoms with Crippen molar-refractivity contribution in [3.63, 3.8) is 0 Å². The van der Waals surface area contributed by atoms with E-state index in [4.69, 9.17) is 5.73 Å². The second-order valence-corrected chi connectivity index (χ2v) is 10.9. The first-order valence-corrected chi connectivity index (χ1v) is 15.2. The van der Waals surface area contributed by atoms with Gasteiger partial charge in [-0.2, -0.15) is 0 Å². The molecule has 0 heterocycles. The second-order valence-electron chi connectivity index (χ2n) is 10.9. The largest absolute Gasteiger partial charge is 0.344 e. The number of carbonyl (C=O) groups excluding carboxylic acids is 4. The SMILES string of the molecule is CCC(=O)N[C@@H](Cc1ccc2ccccc2c1)C(=O)N[C@H](C(=O)N[C@@H](CCCCN)C(=O)Nc1ccccc1)[C@@H](C)CC. The van der Waals surface area contributed by atoms with Gasteiger partial charge in [0.1, 0.15) is 18.1 Å². The van der Waals surface area contributed by atoms with Crippen molar-refractivity contribution in [3.05, 3.63) is 78.4 Å². The summed E-state index contributed by atoms with van der Waals surface area (Å²) in [6, 6.07) is 20.3. The average Bonchev–Trinajstić information content (AvgIpc) is 3.02. The molecule has 0 saturated heterocycles. The predicted molar refractivity (Wildman–Crippen MR) is 171 cm³/mol. The lowest BCUT2D eigenvalue weighted by atomic mass is 9.96. The van der Waals surface area contributed by atoms with Crippen LogP contribution >= 0.6 is 0 Å². The van der Waals surface area contributed by atoms with Gasteiger partial charge in [0, 0.05) is 18.5 Å². The monoisotopic (exact) mass is 587 g/mol. The third kappa shape index (κ3) is 10.2. The molecule has 0 fully saturated rings. The number of amides is 4. The Bertz CT molecular complexity index is 1360. The second kappa shape index (κ2) is 17.0. The number of nitrogens with one attached hydrogen (secondary N) is 4. The molecular weight excluding hydrogens is 542 g/mol. The number of benzene rings is 3. The van der Waals surface area contributed by atoms with Crippen molar-refractivity contribution in [2.75, 3.05) is 11.9 Å². The van der Waals surface area contributed by atoms with Gasteiger partial charge in [0.25, 0.3) is 0 Å². The fraction of sp³-hybridized carbons (Fsp3) is 0.412. The molecule has 0 aliphatic heterocycles. The molecule has 0 aliphatic carbocycles. The van der Waals surface area contributed by atoms with Gasteiger partial charge in [0.05, 0.1) is 0 Å². The number of unbranched alkanes of at least 4 members (excludes halogenated alkanes) is 1. The van der Waals surface area contributed by atoms with Crippen LogP contribution in [0.1, 0.15) is 58.4 Å². The van der Waals surface area contributed by atoms with Crippen LogP contribution < -0.4 is 27.0 Å². The Hall–Kier alpha value is -4.24. The van der Waals surface area contributed by atoms with E-state index in [1.54, 1.807) is 19.1 Å². The standard InChI is InChI=1S/C34H45N5O4/c1-4-23(3)31(34(43)38-28(17-11-12-20-35)32(41)36-27-15-7-6-8-16-27)39-33(42)29(37-30(40)5-2)22-24-18-19-25-13-9-10-14-26(25)21-24/h6-10,13-16,18-19,21,23,28-29,31H,4-5,11-12,17,20,22,35H2,1-3H3,(H,36,41)(H,37,40)(H,38,43)(H,39,42)/t23-,28-,29-,31-/m0/s1. The van der Waals surface area contributed by atoms with E-state index < -0.39 is 29.9 Å². The number of nitrogens with two attached hydrogens (primary N) is 1. The van der Waals surface area contributed by atoms with Gasteiger partial charge in [-0.3, -0.25) is 19.2 Å². The lowest BCUT2D eigenvalue weighted by molar-refractivity contribution is -0.134. The minimum absolute atomic E-state index is 0.220. The summed E-state index contributed by atoms with van der Waals surface area (Å²) in [5.74, 6) is -1.73. The van der Waals surface area contributed by atoms with Crippen LogP contribution in [-0.4, -0.2) is 48.3 Å². The zero-order valence-corrected chi connectivity index (χ0v) is 25.4. The summed E-state index contributed by atoms with van der Waals surface area (Å²) in [5, 5.41) is 13.6. The molecule has 0 aromatic heterocycles. The summed E-state index contributed by atoms with van der Waals surface area (Å²) in [6.07, 6.45) is 2.87. The number of anilines is 1. The summed E-state index contributed by atoms with van der Waals surface area (Å²) in [5.41, 5.74) is 7.18. The van der Waals surface area contributed by atoms with Gasteiger partial charge in [-0.1, -0.05) is 87.9 Å². The molecule has 4 amide bonds. The van der Waals surface area contributed by atoms with Crippen molar-refractivity contribution < 1.29 is 19.2 Å². The van der Waals surface area contributed by atoms with Crippen LogP contribution in [0.2, 0.25) is 0 Å². The zero-order chi connectivity index (χ0) is 31.2. The zero-order valence-electron chi connectivity index (χ0n) is 25.4. The van der Waals surface area contributed by atoms with E-state index in [2.05, 4.69) is 21.3 Å². The van der Waals surface area contributed by atoms with E-state index in [9.17, 15) is 19.2 Å². The molecule has 230 valence electrons.